The average molecular weight is 517 g/mol. The van der Waals surface area contributed by atoms with Crippen LogP contribution in [0.25, 0.3) is 6.08 Å². The highest BCUT2D eigenvalue weighted by Gasteiger charge is 2.33. The summed E-state index contributed by atoms with van der Waals surface area (Å²) >= 11 is 16.5. The van der Waals surface area contributed by atoms with Crippen molar-refractivity contribution in [3.8, 4) is 11.5 Å². The molecular formula is C20H16BrCl2NO4S. The molecule has 1 aliphatic rings. The summed E-state index contributed by atoms with van der Waals surface area (Å²) in [5.41, 5.74) is 1.48. The molecule has 1 heterocycles. The van der Waals surface area contributed by atoms with Gasteiger partial charge < -0.3 is 9.47 Å². The number of hydrogen-bond donors (Lipinski definition) is 0. The largest absolute Gasteiger partial charge is 0.493 e. The third-order valence-corrected chi connectivity index (χ3v) is 6.34. The Bertz CT molecular complexity index is 1010. The number of halogens is 3. The molecule has 3 rings (SSSR count). The van der Waals surface area contributed by atoms with E-state index < -0.39 is 0 Å². The molecule has 0 atom stereocenters. The summed E-state index contributed by atoms with van der Waals surface area (Å²) in [6.45, 7) is 2.33. The summed E-state index contributed by atoms with van der Waals surface area (Å²) in [4.78, 5) is 25.8. The van der Waals surface area contributed by atoms with Crippen molar-refractivity contribution in [2.24, 2.45) is 0 Å². The van der Waals surface area contributed by atoms with Gasteiger partial charge in [-0.1, -0.05) is 45.2 Å². The van der Waals surface area contributed by atoms with Gasteiger partial charge in [-0.05, 0) is 54.6 Å². The van der Waals surface area contributed by atoms with Gasteiger partial charge in [0, 0.05) is 26.6 Å². The summed E-state index contributed by atoms with van der Waals surface area (Å²) in [6, 6.07) is 8.68. The van der Waals surface area contributed by atoms with Crippen molar-refractivity contribution in [2.45, 2.75) is 13.5 Å². The van der Waals surface area contributed by atoms with E-state index in [1.165, 1.54) is 12.0 Å². The summed E-state index contributed by atoms with van der Waals surface area (Å²) < 4.78 is 12.0. The van der Waals surface area contributed by atoms with E-state index >= 15 is 0 Å². The minimum Gasteiger partial charge on any atom is -0.493 e. The van der Waals surface area contributed by atoms with Crippen LogP contribution >= 0.6 is 50.9 Å². The third kappa shape index (κ3) is 4.91. The number of hydrogen-bond acceptors (Lipinski definition) is 5. The SMILES string of the molecule is CCN1C(=O)S/C(=C/c2cc(OC)c(OCc3ccc(Cl)cc3Cl)cc2Br)C1=O. The number of carbonyl (C=O) groups is 2. The number of carbonyl (C=O) groups excluding carboxylic acids is 2. The molecule has 1 saturated heterocycles. The van der Waals surface area contributed by atoms with Gasteiger partial charge in [0.25, 0.3) is 11.1 Å². The van der Waals surface area contributed by atoms with Crippen LogP contribution in [0, 0.1) is 0 Å². The molecule has 0 N–H and O–H groups in total. The number of methoxy groups -OCH3 is 1. The van der Waals surface area contributed by atoms with Crippen molar-refractivity contribution in [3.63, 3.8) is 0 Å². The number of nitrogens with zero attached hydrogens (tertiary/aromatic N) is 1. The van der Waals surface area contributed by atoms with E-state index in [4.69, 9.17) is 32.7 Å². The Morgan fingerprint density at radius 3 is 2.55 bits per heavy atom. The van der Waals surface area contributed by atoms with E-state index in [0.717, 1.165) is 17.3 Å². The van der Waals surface area contributed by atoms with Crippen LogP contribution < -0.4 is 9.47 Å². The Balaban J connectivity index is 1.85. The third-order valence-electron chi connectivity index (χ3n) is 4.16. The van der Waals surface area contributed by atoms with Gasteiger partial charge in [0.05, 0.1) is 12.0 Å². The lowest BCUT2D eigenvalue weighted by molar-refractivity contribution is -0.122. The Labute approximate surface area is 191 Å². The second-order valence-corrected chi connectivity index (χ2v) is 8.67. The monoisotopic (exact) mass is 515 g/mol. The normalized spacial score (nSPS) is 15.3. The first kappa shape index (κ1) is 22.0. The molecule has 0 radical (unpaired) electrons. The van der Waals surface area contributed by atoms with Gasteiger partial charge in [0.1, 0.15) is 6.61 Å². The van der Waals surface area contributed by atoms with E-state index in [0.29, 0.717) is 43.0 Å². The lowest BCUT2D eigenvalue weighted by atomic mass is 10.1. The summed E-state index contributed by atoms with van der Waals surface area (Å²) in [6.07, 6.45) is 1.66. The van der Waals surface area contributed by atoms with Crippen molar-refractivity contribution < 1.29 is 19.1 Å². The first-order valence-electron chi connectivity index (χ1n) is 8.53. The molecule has 2 amide bonds. The molecule has 2 aromatic rings. The molecule has 0 aliphatic carbocycles. The lowest BCUT2D eigenvalue weighted by Crippen LogP contribution is -2.27. The topological polar surface area (TPSA) is 55.8 Å². The zero-order valence-corrected chi connectivity index (χ0v) is 19.4. The Morgan fingerprint density at radius 1 is 1.17 bits per heavy atom. The maximum absolute atomic E-state index is 12.3. The standard InChI is InChI=1S/C20H16BrCl2NO4S/c1-3-24-19(25)18(29-20(24)26)7-12-6-16(27-2)17(9-14(12)21)28-10-11-4-5-13(22)8-15(11)23/h4-9H,3,10H2,1-2H3/b18-7+. The van der Waals surface area contributed by atoms with Crippen LogP contribution in [0.2, 0.25) is 10.0 Å². The molecule has 1 fully saturated rings. The minimum absolute atomic E-state index is 0.230. The number of thioether (sulfide) groups is 1. The number of rotatable bonds is 6. The predicted octanol–water partition coefficient (Wildman–Crippen LogP) is 6.40. The van der Waals surface area contributed by atoms with Crippen LogP contribution in [0.1, 0.15) is 18.1 Å². The van der Waals surface area contributed by atoms with Gasteiger partial charge in [-0.2, -0.15) is 0 Å². The van der Waals surface area contributed by atoms with E-state index in [1.807, 2.05) is 0 Å². The molecule has 5 nitrogen and oxygen atoms in total. The van der Waals surface area contributed by atoms with Crippen LogP contribution in [0.4, 0.5) is 4.79 Å². The van der Waals surface area contributed by atoms with Gasteiger partial charge in [-0.25, -0.2) is 0 Å². The second kappa shape index (κ2) is 9.43. The minimum atomic E-state index is -0.300. The molecule has 1 aliphatic heterocycles. The van der Waals surface area contributed by atoms with E-state index in [9.17, 15) is 9.59 Å². The maximum Gasteiger partial charge on any atom is 0.293 e. The number of benzene rings is 2. The lowest BCUT2D eigenvalue weighted by Gasteiger charge is -2.14. The Morgan fingerprint density at radius 2 is 1.93 bits per heavy atom. The quantitative estimate of drug-likeness (QED) is 0.416. The summed E-state index contributed by atoms with van der Waals surface area (Å²) in [5.74, 6) is 0.689. The van der Waals surface area contributed by atoms with Crippen molar-refractivity contribution in [1.29, 1.82) is 0 Å². The molecule has 9 heteroatoms. The van der Waals surface area contributed by atoms with Crippen LogP contribution in [0.3, 0.4) is 0 Å². The van der Waals surface area contributed by atoms with E-state index in [-0.39, 0.29) is 17.8 Å². The van der Waals surface area contributed by atoms with Crippen LogP contribution in [0.15, 0.2) is 39.7 Å². The zero-order valence-electron chi connectivity index (χ0n) is 15.5. The van der Waals surface area contributed by atoms with Crippen LogP contribution in [-0.4, -0.2) is 29.7 Å². The number of likely N-dealkylation sites (N-methyl/N-ethyl adjacent to an activating group) is 1. The van der Waals surface area contributed by atoms with Gasteiger partial charge >= 0.3 is 0 Å². The van der Waals surface area contributed by atoms with Gasteiger partial charge in [0.2, 0.25) is 0 Å². The molecule has 0 spiro atoms. The number of amides is 2. The fourth-order valence-electron chi connectivity index (χ4n) is 2.64. The van der Waals surface area contributed by atoms with Gasteiger partial charge in [-0.3, -0.25) is 14.5 Å². The van der Waals surface area contributed by atoms with Crippen molar-refractivity contribution in [3.05, 3.63) is 60.9 Å². The highest BCUT2D eigenvalue weighted by molar-refractivity contribution is 9.10. The highest BCUT2D eigenvalue weighted by Crippen LogP contribution is 2.38. The second-order valence-electron chi connectivity index (χ2n) is 5.97. The van der Waals surface area contributed by atoms with Crippen LogP contribution in [0.5, 0.6) is 11.5 Å². The molecule has 0 aromatic heterocycles. The fraction of sp³-hybridized carbons (Fsp3) is 0.200. The highest BCUT2D eigenvalue weighted by atomic mass is 79.9. The molecular weight excluding hydrogens is 501 g/mol. The Hall–Kier alpha value is -1.67. The first-order chi connectivity index (χ1) is 13.8. The van der Waals surface area contributed by atoms with Crippen LogP contribution in [-0.2, 0) is 11.4 Å². The number of imide groups is 1. The molecule has 29 heavy (non-hydrogen) atoms. The van der Waals surface area contributed by atoms with Crippen molar-refractivity contribution in [2.75, 3.05) is 13.7 Å². The molecule has 152 valence electrons. The Kier molecular flexibility index (Phi) is 7.16. The molecule has 2 aromatic carbocycles. The molecule has 0 unspecified atom stereocenters. The van der Waals surface area contributed by atoms with Gasteiger partial charge in [-0.15, -0.1) is 0 Å². The van der Waals surface area contributed by atoms with Crippen molar-refractivity contribution >= 4 is 68.1 Å². The predicted molar refractivity (Wildman–Crippen MR) is 120 cm³/mol. The first-order valence-corrected chi connectivity index (χ1v) is 10.9. The summed E-state index contributed by atoms with van der Waals surface area (Å²) in [7, 11) is 1.53. The van der Waals surface area contributed by atoms with Gasteiger partial charge in [0.15, 0.2) is 11.5 Å². The van der Waals surface area contributed by atoms with E-state index in [2.05, 4.69) is 15.9 Å². The number of ether oxygens (including phenoxy) is 2. The van der Waals surface area contributed by atoms with Crippen molar-refractivity contribution in [1.82, 2.24) is 4.90 Å². The zero-order chi connectivity index (χ0) is 21.1. The maximum atomic E-state index is 12.3. The fourth-order valence-corrected chi connectivity index (χ4v) is 4.44. The average Bonchev–Trinajstić information content (AvgIpc) is 2.95. The smallest absolute Gasteiger partial charge is 0.293 e. The van der Waals surface area contributed by atoms with E-state index in [1.54, 1.807) is 43.3 Å². The molecule has 0 saturated carbocycles. The molecule has 0 bridgehead atoms. The summed E-state index contributed by atoms with van der Waals surface area (Å²) in [5, 5.41) is 0.793.